The minimum atomic E-state index is -0.551. The number of Topliss-reactive ketones (excluding diaryl/α,β-unsaturated/α-hetero) is 2. The third-order valence-electron chi connectivity index (χ3n) is 2.38. The second-order valence-corrected chi connectivity index (χ2v) is 6.52. The molecule has 0 amide bonds. The molecule has 0 aromatic carbocycles. The maximum Gasteiger partial charge on any atom is 0.150 e. The Hall–Kier alpha value is -0.120. The summed E-state index contributed by atoms with van der Waals surface area (Å²) >= 11 is 0. The molecule has 8 heteroatoms. The van der Waals surface area contributed by atoms with Crippen LogP contribution < -0.4 is 0 Å². The van der Waals surface area contributed by atoms with E-state index in [-0.39, 0.29) is 11.6 Å². The van der Waals surface area contributed by atoms with Crippen LogP contribution in [0, 0.1) is 0 Å². The van der Waals surface area contributed by atoms with Gasteiger partial charge in [-0.25, -0.2) is 0 Å². The molecule has 0 aliphatic carbocycles. The van der Waals surface area contributed by atoms with Gasteiger partial charge in [-0.05, 0) is 13.8 Å². The molecule has 0 rings (SSSR count). The van der Waals surface area contributed by atoms with Crippen LogP contribution in [0.25, 0.3) is 0 Å². The van der Waals surface area contributed by atoms with E-state index in [1.807, 2.05) is 0 Å². The third-order valence-corrected chi connectivity index (χ3v) is 4.76. The van der Waals surface area contributed by atoms with E-state index in [0.717, 1.165) is 10.1 Å². The maximum atomic E-state index is 11.2. The SMILES string of the molecule is CC(=O)[C@H](CSSC[C@@H](C(C)=O)N(C)O)N(C)O. The van der Waals surface area contributed by atoms with E-state index >= 15 is 0 Å². The lowest BCUT2D eigenvalue weighted by Crippen LogP contribution is -2.37. The molecule has 0 spiro atoms. The summed E-state index contributed by atoms with van der Waals surface area (Å²) in [4.78, 5) is 22.4. The predicted octanol–water partition coefficient (Wildman–Crippen LogP) is 0.925. The van der Waals surface area contributed by atoms with E-state index < -0.39 is 12.1 Å². The first-order valence-corrected chi connectivity index (χ1v) is 7.84. The molecule has 106 valence electrons. The highest BCUT2D eigenvalue weighted by atomic mass is 33.1. The van der Waals surface area contributed by atoms with Crippen molar-refractivity contribution >= 4 is 33.2 Å². The Morgan fingerprint density at radius 1 is 0.944 bits per heavy atom. The van der Waals surface area contributed by atoms with Gasteiger partial charge < -0.3 is 10.4 Å². The molecule has 0 radical (unpaired) electrons. The topological polar surface area (TPSA) is 81.1 Å². The van der Waals surface area contributed by atoms with Crippen LogP contribution in [0.3, 0.4) is 0 Å². The first-order valence-electron chi connectivity index (χ1n) is 5.36. The Morgan fingerprint density at radius 2 is 1.22 bits per heavy atom. The Balaban J connectivity index is 4.04. The van der Waals surface area contributed by atoms with Gasteiger partial charge in [0, 0.05) is 25.6 Å². The molecule has 0 bridgehead atoms. The molecule has 0 aromatic rings. The summed E-state index contributed by atoms with van der Waals surface area (Å²) in [7, 11) is 5.63. The number of carbonyl (C=O) groups is 2. The van der Waals surface area contributed by atoms with Gasteiger partial charge >= 0.3 is 0 Å². The lowest BCUT2D eigenvalue weighted by molar-refractivity contribution is -0.140. The molecule has 6 nitrogen and oxygen atoms in total. The molecular weight excluding hydrogens is 276 g/mol. The van der Waals surface area contributed by atoms with Gasteiger partial charge in [-0.1, -0.05) is 21.6 Å². The average Bonchev–Trinajstić information content (AvgIpc) is 2.20. The standard InChI is InChI=1S/C10H20N2O4S2/c1-7(13)9(11(3)15)5-17-18-6-10(8(2)14)12(4)16/h9-10,15-16H,5-6H2,1-4H3/t9-,10-/m0/s1. The Labute approximate surface area is 115 Å². The van der Waals surface area contributed by atoms with Crippen molar-refractivity contribution in [3.8, 4) is 0 Å². The highest BCUT2D eigenvalue weighted by Gasteiger charge is 2.21. The van der Waals surface area contributed by atoms with Crippen molar-refractivity contribution in [2.75, 3.05) is 25.6 Å². The van der Waals surface area contributed by atoms with E-state index in [1.165, 1.54) is 49.5 Å². The van der Waals surface area contributed by atoms with Crippen LogP contribution in [-0.4, -0.2) is 69.8 Å². The molecule has 18 heavy (non-hydrogen) atoms. The maximum absolute atomic E-state index is 11.2. The fraction of sp³-hybridized carbons (Fsp3) is 0.800. The van der Waals surface area contributed by atoms with E-state index in [0.29, 0.717) is 11.5 Å². The number of hydrogen-bond donors (Lipinski definition) is 2. The fourth-order valence-electron chi connectivity index (χ4n) is 1.20. The van der Waals surface area contributed by atoms with Gasteiger partial charge in [-0.15, -0.1) is 0 Å². The zero-order valence-corrected chi connectivity index (χ0v) is 12.6. The molecule has 0 saturated carbocycles. The van der Waals surface area contributed by atoms with Crippen molar-refractivity contribution in [3.63, 3.8) is 0 Å². The summed E-state index contributed by atoms with van der Waals surface area (Å²) in [6, 6.07) is -1.10. The minimum Gasteiger partial charge on any atom is -0.314 e. The lowest BCUT2D eigenvalue weighted by Gasteiger charge is -2.21. The molecule has 0 aliphatic rings. The first kappa shape index (κ1) is 17.9. The van der Waals surface area contributed by atoms with Gasteiger partial charge in [-0.2, -0.15) is 10.1 Å². The van der Waals surface area contributed by atoms with Crippen LogP contribution in [0.5, 0.6) is 0 Å². The summed E-state index contributed by atoms with van der Waals surface area (Å²) in [6.45, 7) is 2.84. The van der Waals surface area contributed by atoms with E-state index in [4.69, 9.17) is 0 Å². The van der Waals surface area contributed by atoms with E-state index in [2.05, 4.69) is 0 Å². The number of hydroxylamine groups is 4. The van der Waals surface area contributed by atoms with Gasteiger partial charge in [0.15, 0.2) is 0 Å². The molecule has 0 saturated heterocycles. The van der Waals surface area contributed by atoms with Gasteiger partial charge in [0.2, 0.25) is 0 Å². The van der Waals surface area contributed by atoms with Gasteiger partial charge in [-0.3, -0.25) is 9.59 Å². The summed E-state index contributed by atoms with van der Waals surface area (Å²) in [6.07, 6.45) is 0. The molecule has 0 unspecified atom stereocenters. The highest BCUT2D eigenvalue weighted by molar-refractivity contribution is 8.76. The number of carbonyl (C=O) groups excluding carboxylic acids is 2. The zero-order chi connectivity index (χ0) is 14.3. The largest absolute Gasteiger partial charge is 0.314 e. The van der Waals surface area contributed by atoms with Crippen LogP contribution in [0.4, 0.5) is 0 Å². The van der Waals surface area contributed by atoms with Crippen LogP contribution in [0.1, 0.15) is 13.8 Å². The zero-order valence-electron chi connectivity index (χ0n) is 11.0. The van der Waals surface area contributed by atoms with Crippen molar-refractivity contribution in [2.45, 2.75) is 25.9 Å². The number of ketones is 2. The van der Waals surface area contributed by atoms with Crippen LogP contribution in [-0.2, 0) is 9.59 Å². The summed E-state index contributed by atoms with van der Waals surface area (Å²) < 4.78 is 0. The lowest BCUT2D eigenvalue weighted by atomic mass is 10.2. The molecule has 0 aliphatic heterocycles. The third kappa shape index (κ3) is 6.72. The molecular formula is C10H20N2O4S2. The highest BCUT2D eigenvalue weighted by Crippen LogP contribution is 2.25. The summed E-state index contributed by atoms with van der Waals surface area (Å²) in [5.74, 6) is 0.616. The Bertz CT molecular complexity index is 259. The first-order chi connectivity index (χ1) is 8.27. The van der Waals surface area contributed by atoms with Gasteiger partial charge in [0.25, 0.3) is 0 Å². The second-order valence-electron chi connectivity index (χ2n) is 3.97. The van der Waals surface area contributed by atoms with E-state index in [1.54, 1.807) is 0 Å². The Morgan fingerprint density at radius 3 is 1.39 bits per heavy atom. The molecule has 0 heterocycles. The second kappa shape index (κ2) is 8.89. The minimum absolute atomic E-state index is 0.115. The normalized spacial score (nSPS) is 14.9. The van der Waals surface area contributed by atoms with Crippen LogP contribution >= 0.6 is 21.6 Å². The van der Waals surface area contributed by atoms with Gasteiger partial charge in [0.05, 0.1) is 0 Å². The van der Waals surface area contributed by atoms with Crippen LogP contribution in [0.2, 0.25) is 0 Å². The molecule has 2 atom stereocenters. The fourth-order valence-corrected chi connectivity index (χ4v) is 3.90. The van der Waals surface area contributed by atoms with Crippen molar-refractivity contribution < 1.29 is 20.0 Å². The molecule has 0 fully saturated rings. The summed E-state index contributed by atoms with van der Waals surface area (Å²) in [5, 5.41) is 20.3. The predicted molar refractivity (Wildman–Crippen MR) is 73.0 cm³/mol. The van der Waals surface area contributed by atoms with Crippen molar-refractivity contribution in [1.29, 1.82) is 0 Å². The number of likely N-dealkylation sites (N-methyl/N-ethyl adjacent to an activating group) is 2. The molecule has 0 aromatic heterocycles. The van der Waals surface area contributed by atoms with Crippen LogP contribution in [0.15, 0.2) is 0 Å². The molecule has 2 N–H and O–H groups in total. The number of hydrogen-bond acceptors (Lipinski definition) is 8. The average molecular weight is 296 g/mol. The van der Waals surface area contributed by atoms with Crippen molar-refractivity contribution in [2.24, 2.45) is 0 Å². The van der Waals surface area contributed by atoms with E-state index in [9.17, 15) is 20.0 Å². The summed E-state index contributed by atoms with van der Waals surface area (Å²) in [5.41, 5.74) is 0. The van der Waals surface area contributed by atoms with Crippen molar-refractivity contribution in [1.82, 2.24) is 10.1 Å². The van der Waals surface area contributed by atoms with Crippen molar-refractivity contribution in [3.05, 3.63) is 0 Å². The number of nitrogens with zero attached hydrogens (tertiary/aromatic N) is 2. The Kier molecular flexibility index (Phi) is 8.83. The monoisotopic (exact) mass is 296 g/mol. The van der Waals surface area contributed by atoms with Gasteiger partial charge in [0.1, 0.15) is 23.7 Å². The smallest absolute Gasteiger partial charge is 0.150 e. The quantitative estimate of drug-likeness (QED) is 0.369. The number of rotatable bonds is 9.